The normalized spacial score (nSPS) is 23.2. The summed E-state index contributed by atoms with van der Waals surface area (Å²) in [5, 5.41) is 14.3. The van der Waals surface area contributed by atoms with Crippen LogP contribution in [0.4, 0.5) is 5.95 Å². The lowest BCUT2D eigenvalue weighted by molar-refractivity contribution is 0.0781. The summed E-state index contributed by atoms with van der Waals surface area (Å²) in [4.78, 5) is 16.8. The van der Waals surface area contributed by atoms with Crippen LogP contribution in [0.1, 0.15) is 76.7 Å². The number of nitrogens with one attached hydrogen (secondary N) is 1. The maximum Gasteiger partial charge on any atom is 0.224 e. The van der Waals surface area contributed by atoms with E-state index in [0.29, 0.717) is 23.8 Å². The maximum absolute atomic E-state index is 9.99. The van der Waals surface area contributed by atoms with Gasteiger partial charge in [0.15, 0.2) is 0 Å². The van der Waals surface area contributed by atoms with E-state index in [-0.39, 0.29) is 12.2 Å². The monoisotopic (exact) mass is 471 g/mol. The fraction of sp³-hybridized carbons (Fsp3) is 0.731. The van der Waals surface area contributed by atoms with Crippen molar-refractivity contribution in [3.8, 4) is 5.88 Å². The third kappa shape index (κ3) is 6.34. The van der Waals surface area contributed by atoms with E-state index in [2.05, 4.69) is 29.0 Å². The fourth-order valence-electron chi connectivity index (χ4n) is 5.22. The summed E-state index contributed by atoms with van der Waals surface area (Å²) in [6.45, 7) is 8.10. The number of nitrogens with zero attached hydrogens (tertiary/aromatic N) is 4. The van der Waals surface area contributed by atoms with E-state index in [1.165, 1.54) is 0 Å². The highest BCUT2D eigenvalue weighted by Gasteiger charge is 2.26. The average molecular weight is 472 g/mol. The Bertz CT molecular complexity index is 911. The first-order chi connectivity index (χ1) is 16.6. The lowest BCUT2D eigenvalue weighted by Crippen LogP contribution is -2.39. The fourth-order valence-corrected chi connectivity index (χ4v) is 5.22. The van der Waals surface area contributed by atoms with E-state index in [1.807, 2.05) is 12.4 Å². The van der Waals surface area contributed by atoms with Crippen LogP contribution in [0.25, 0.3) is 10.9 Å². The molecule has 0 aromatic carbocycles. The standard InChI is InChI=1S/C26H41N5O3/c1-4-5-18(2)29-26-28-17-23-24(30-26)22(19-6-8-20(32)9-7-19)16-27-25(23)34-21-10-12-31(13-11-21)14-15-33-3/h16-21,32H,4-15H2,1-3H3,(H,28,29,30)/t18?,19-,20-. The highest BCUT2D eigenvalue weighted by atomic mass is 16.5. The summed E-state index contributed by atoms with van der Waals surface area (Å²) in [6, 6.07) is 0.316. The summed E-state index contributed by atoms with van der Waals surface area (Å²) < 4.78 is 11.6. The van der Waals surface area contributed by atoms with Crippen molar-refractivity contribution in [3.63, 3.8) is 0 Å². The number of hydrogen-bond acceptors (Lipinski definition) is 8. The quantitative estimate of drug-likeness (QED) is 0.534. The Morgan fingerprint density at radius 3 is 2.59 bits per heavy atom. The second-order valence-electron chi connectivity index (χ2n) is 9.97. The molecule has 8 nitrogen and oxygen atoms in total. The molecule has 3 heterocycles. The topological polar surface area (TPSA) is 92.6 Å². The molecule has 0 radical (unpaired) electrons. The number of aliphatic hydroxyl groups is 1. The maximum atomic E-state index is 9.99. The van der Waals surface area contributed by atoms with Crippen molar-refractivity contribution in [2.24, 2.45) is 0 Å². The molecule has 1 aliphatic carbocycles. The molecule has 1 saturated carbocycles. The second kappa shape index (κ2) is 12.1. The summed E-state index contributed by atoms with van der Waals surface area (Å²) in [5.74, 6) is 1.65. The van der Waals surface area contributed by atoms with E-state index in [0.717, 1.165) is 94.1 Å². The smallest absolute Gasteiger partial charge is 0.224 e. The van der Waals surface area contributed by atoms with Gasteiger partial charge in [-0.15, -0.1) is 0 Å². The van der Waals surface area contributed by atoms with Crippen molar-refractivity contribution in [2.75, 3.05) is 38.7 Å². The third-order valence-electron chi connectivity index (χ3n) is 7.27. The Labute approximate surface area is 203 Å². The second-order valence-corrected chi connectivity index (χ2v) is 9.97. The zero-order chi connectivity index (χ0) is 23.9. The van der Waals surface area contributed by atoms with E-state index in [4.69, 9.17) is 19.4 Å². The molecule has 4 rings (SSSR count). The Kier molecular flexibility index (Phi) is 8.92. The molecule has 0 bridgehead atoms. The number of pyridine rings is 1. The average Bonchev–Trinajstić information content (AvgIpc) is 2.84. The van der Waals surface area contributed by atoms with Crippen LogP contribution in [0.5, 0.6) is 5.88 Å². The van der Waals surface area contributed by atoms with Crippen LogP contribution in [0.3, 0.4) is 0 Å². The Morgan fingerprint density at radius 1 is 1.12 bits per heavy atom. The predicted molar refractivity (Wildman–Crippen MR) is 135 cm³/mol. The first-order valence-corrected chi connectivity index (χ1v) is 13.1. The Hall–Kier alpha value is -2.03. The van der Waals surface area contributed by atoms with Gasteiger partial charge in [-0.05, 0) is 57.8 Å². The van der Waals surface area contributed by atoms with Crippen LogP contribution < -0.4 is 10.1 Å². The molecular weight excluding hydrogens is 430 g/mol. The zero-order valence-corrected chi connectivity index (χ0v) is 21.0. The van der Waals surface area contributed by atoms with Gasteiger partial charge in [-0.25, -0.2) is 15.0 Å². The number of rotatable bonds is 10. The lowest BCUT2D eigenvalue weighted by atomic mass is 9.83. The number of ether oxygens (including phenoxy) is 2. The van der Waals surface area contributed by atoms with E-state index >= 15 is 0 Å². The molecule has 0 spiro atoms. The largest absolute Gasteiger partial charge is 0.474 e. The minimum absolute atomic E-state index is 0.146. The van der Waals surface area contributed by atoms with Crippen molar-refractivity contribution in [1.82, 2.24) is 19.9 Å². The molecule has 1 aliphatic heterocycles. The van der Waals surface area contributed by atoms with Gasteiger partial charge >= 0.3 is 0 Å². The number of anilines is 1. The molecule has 8 heteroatoms. The number of methoxy groups -OCH3 is 1. The summed E-state index contributed by atoms with van der Waals surface area (Å²) in [6.07, 6.45) is 11.5. The molecule has 0 amide bonds. The van der Waals surface area contributed by atoms with Gasteiger partial charge in [-0.1, -0.05) is 13.3 Å². The van der Waals surface area contributed by atoms with Crippen LogP contribution in [0, 0.1) is 0 Å². The Morgan fingerprint density at radius 2 is 1.88 bits per heavy atom. The van der Waals surface area contributed by atoms with Crippen LogP contribution in [0.2, 0.25) is 0 Å². The summed E-state index contributed by atoms with van der Waals surface area (Å²) in [5.41, 5.74) is 2.09. The van der Waals surface area contributed by atoms with Crippen molar-refractivity contribution < 1.29 is 14.6 Å². The van der Waals surface area contributed by atoms with Crippen molar-refractivity contribution in [1.29, 1.82) is 0 Å². The van der Waals surface area contributed by atoms with Crippen LogP contribution in [-0.2, 0) is 4.74 Å². The Balaban J connectivity index is 1.56. The molecule has 1 saturated heterocycles. The molecule has 2 fully saturated rings. The van der Waals surface area contributed by atoms with Gasteiger partial charge in [0.1, 0.15) is 6.10 Å². The predicted octanol–water partition coefficient (Wildman–Crippen LogP) is 4.13. The minimum Gasteiger partial charge on any atom is -0.474 e. The highest BCUT2D eigenvalue weighted by molar-refractivity contribution is 5.86. The number of piperidine rings is 1. The van der Waals surface area contributed by atoms with Gasteiger partial charge in [-0.3, -0.25) is 0 Å². The molecule has 2 N–H and O–H groups in total. The van der Waals surface area contributed by atoms with E-state index in [1.54, 1.807) is 7.11 Å². The van der Waals surface area contributed by atoms with Crippen LogP contribution in [0.15, 0.2) is 12.4 Å². The van der Waals surface area contributed by atoms with Crippen molar-refractivity contribution in [3.05, 3.63) is 18.0 Å². The molecule has 188 valence electrons. The van der Waals surface area contributed by atoms with Crippen molar-refractivity contribution >= 4 is 16.9 Å². The van der Waals surface area contributed by atoms with Gasteiger partial charge < -0.3 is 24.8 Å². The SMILES string of the molecule is CCCC(C)Nc1ncc2c(OC3CCN(CCOC)CC3)ncc([C@H]3CC[C@H](O)CC3)c2n1. The first-order valence-electron chi connectivity index (χ1n) is 13.1. The molecule has 1 atom stereocenters. The van der Waals surface area contributed by atoms with Crippen LogP contribution >= 0.6 is 0 Å². The number of fused-ring (bicyclic) bond motifs is 1. The highest BCUT2D eigenvalue weighted by Crippen LogP contribution is 2.38. The molecular formula is C26H41N5O3. The zero-order valence-electron chi connectivity index (χ0n) is 21.0. The first kappa shape index (κ1) is 25.1. The molecule has 2 aromatic rings. The summed E-state index contributed by atoms with van der Waals surface area (Å²) in [7, 11) is 1.75. The van der Waals surface area contributed by atoms with Gasteiger partial charge in [0.25, 0.3) is 0 Å². The third-order valence-corrected chi connectivity index (χ3v) is 7.27. The van der Waals surface area contributed by atoms with Crippen LogP contribution in [-0.4, -0.2) is 76.6 Å². The minimum atomic E-state index is -0.186. The lowest BCUT2D eigenvalue weighted by Gasteiger charge is -2.32. The van der Waals surface area contributed by atoms with E-state index < -0.39 is 0 Å². The molecule has 1 unspecified atom stereocenters. The van der Waals surface area contributed by atoms with Crippen molar-refractivity contribution in [2.45, 2.75) is 89.4 Å². The van der Waals surface area contributed by atoms with Gasteiger partial charge in [-0.2, -0.15) is 0 Å². The number of hydrogen-bond donors (Lipinski definition) is 2. The van der Waals surface area contributed by atoms with Gasteiger partial charge in [0, 0.05) is 50.7 Å². The molecule has 2 aromatic heterocycles. The molecule has 34 heavy (non-hydrogen) atoms. The number of likely N-dealkylation sites (tertiary alicyclic amines) is 1. The van der Waals surface area contributed by atoms with Gasteiger partial charge in [0.05, 0.1) is 23.6 Å². The number of aromatic nitrogens is 3. The number of aliphatic hydroxyl groups excluding tert-OH is 1. The molecule has 2 aliphatic rings. The summed E-state index contributed by atoms with van der Waals surface area (Å²) >= 11 is 0. The van der Waals surface area contributed by atoms with E-state index in [9.17, 15) is 5.11 Å². The van der Waals surface area contributed by atoms with Gasteiger partial charge in [0.2, 0.25) is 11.8 Å².